The van der Waals surface area contributed by atoms with Crippen molar-refractivity contribution in [3.8, 4) is 0 Å². The molecule has 18 heavy (non-hydrogen) atoms. The highest BCUT2D eigenvalue weighted by atomic mass is 16.5. The van der Waals surface area contributed by atoms with Crippen molar-refractivity contribution in [1.29, 1.82) is 0 Å². The number of amides is 1. The molecule has 0 saturated heterocycles. The third kappa shape index (κ3) is 5.38. The van der Waals surface area contributed by atoms with Crippen molar-refractivity contribution >= 4 is 5.91 Å². The molecule has 0 radical (unpaired) electrons. The predicted molar refractivity (Wildman–Crippen MR) is 74.5 cm³/mol. The average Bonchev–Trinajstić information content (AvgIpc) is 2.37. The molecule has 1 unspecified atom stereocenters. The van der Waals surface area contributed by atoms with Gasteiger partial charge in [0.05, 0.1) is 6.61 Å². The Morgan fingerprint density at radius 1 is 1.33 bits per heavy atom. The van der Waals surface area contributed by atoms with Gasteiger partial charge in [0.2, 0.25) is 5.91 Å². The van der Waals surface area contributed by atoms with Gasteiger partial charge in [-0.1, -0.05) is 26.2 Å². The molecule has 1 rings (SSSR count). The van der Waals surface area contributed by atoms with Crippen LogP contribution in [0.2, 0.25) is 0 Å². The average molecular weight is 255 g/mol. The monoisotopic (exact) mass is 255 g/mol. The molecule has 0 heterocycles. The minimum absolute atomic E-state index is 0.125. The quantitative estimate of drug-likeness (QED) is 0.759. The Bertz CT molecular complexity index is 235. The molecule has 1 N–H and O–H groups in total. The van der Waals surface area contributed by atoms with E-state index in [1.54, 1.807) is 7.11 Å². The van der Waals surface area contributed by atoms with Gasteiger partial charge >= 0.3 is 0 Å². The van der Waals surface area contributed by atoms with E-state index in [1.807, 2.05) is 6.92 Å². The first-order chi connectivity index (χ1) is 8.67. The Morgan fingerprint density at radius 3 is 2.56 bits per heavy atom. The number of carbonyl (C=O) groups excluding carboxylic acids is 1. The molecule has 0 aromatic heterocycles. The van der Waals surface area contributed by atoms with Gasteiger partial charge in [-0.25, -0.2) is 0 Å². The van der Waals surface area contributed by atoms with Crippen molar-refractivity contribution in [3.63, 3.8) is 0 Å². The molecule has 1 saturated carbocycles. The summed E-state index contributed by atoms with van der Waals surface area (Å²) in [5.74, 6) is 1.33. The van der Waals surface area contributed by atoms with Crippen LogP contribution in [0.25, 0.3) is 0 Å². The number of unbranched alkanes of at least 4 members (excludes halogenated alkanes) is 1. The molecule has 3 heteroatoms. The zero-order chi connectivity index (χ0) is 13.4. The molecular weight excluding hydrogens is 226 g/mol. The lowest BCUT2D eigenvalue weighted by Gasteiger charge is -2.28. The van der Waals surface area contributed by atoms with Gasteiger partial charge in [-0.2, -0.15) is 0 Å². The summed E-state index contributed by atoms with van der Waals surface area (Å²) in [6.07, 6.45) is 8.58. The SMILES string of the molecule is CCCCC1CCC(C(=O)NC(C)COC)CC1. The summed E-state index contributed by atoms with van der Waals surface area (Å²) in [4.78, 5) is 12.0. The molecule has 1 aliphatic rings. The van der Waals surface area contributed by atoms with Crippen molar-refractivity contribution in [2.24, 2.45) is 11.8 Å². The predicted octanol–water partition coefficient (Wildman–Crippen LogP) is 3.13. The van der Waals surface area contributed by atoms with Crippen LogP contribution in [0.1, 0.15) is 58.8 Å². The second-order valence-electron chi connectivity index (χ2n) is 5.72. The van der Waals surface area contributed by atoms with E-state index in [0.29, 0.717) is 6.61 Å². The molecule has 0 bridgehead atoms. The lowest BCUT2D eigenvalue weighted by molar-refractivity contribution is -0.127. The maximum atomic E-state index is 12.0. The fourth-order valence-electron chi connectivity index (χ4n) is 2.86. The lowest BCUT2D eigenvalue weighted by atomic mass is 9.79. The molecule has 0 aromatic rings. The van der Waals surface area contributed by atoms with Crippen molar-refractivity contribution in [2.45, 2.75) is 64.8 Å². The summed E-state index contributed by atoms with van der Waals surface area (Å²) in [5.41, 5.74) is 0. The Kier molecular flexibility index (Phi) is 7.33. The summed E-state index contributed by atoms with van der Waals surface area (Å²) < 4.78 is 5.04. The number of ether oxygens (including phenoxy) is 1. The van der Waals surface area contributed by atoms with E-state index in [4.69, 9.17) is 4.74 Å². The van der Waals surface area contributed by atoms with Gasteiger partial charge in [-0.05, 0) is 38.5 Å². The van der Waals surface area contributed by atoms with Crippen LogP contribution in [-0.2, 0) is 9.53 Å². The molecule has 3 nitrogen and oxygen atoms in total. The largest absolute Gasteiger partial charge is 0.383 e. The van der Waals surface area contributed by atoms with E-state index in [1.165, 1.54) is 32.1 Å². The van der Waals surface area contributed by atoms with Gasteiger partial charge in [0.1, 0.15) is 0 Å². The van der Waals surface area contributed by atoms with Gasteiger partial charge in [0.25, 0.3) is 0 Å². The fourth-order valence-corrected chi connectivity index (χ4v) is 2.86. The molecule has 1 atom stereocenters. The molecule has 1 aliphatic carbocycles. The van der Waals surface area contributed by atoms with Gasteiger partial charge in [-0.15, -0.1) is 0 Å². The highest BCUT2D eigenvalue weighted by Gasteiger charge is 2.26. The van der Waals surface area contributed by atoms with Gasteiger partial charge in [0, 0.05) is 19.1 Å². The molecule has 0 aromatic carbocycles. The first-order valence-corrected chi connectivity index (χ1v) is 7.46. The summed E-state index contributed by atoms with van der Waals surface area (Å²) in [6, 6.07) is 0.125. The number of methoxy groups -OCH3 is 1. The second-order valence-corrected chi connectivity index (χ2v) is 5.72. The molecule has 0 aliphatic heterocycles. The molecule has 106 valence electrons. The Morgan fingerprint density at radius 2 is 2.00 bits per heavy atom. The summed E-state index contributed by atoms with van der Waals surface area (Å²) >= 11 is 0. The summed E-state index contributed by atoms with van der Waals surface area (Å²) in [6.45, 7) is 4.84. The van der Waals surface area contributed by atoms with Crippen molar-refractivity contribution in [1.82, 2.24) is 5.32 Å². The number of rotatable bonds is 7. The van der Waals surface area contributed by atoms with Crippen LogP contribution in [0, 0.1) is 11.8 Å². The maximum absolute atomic E-state index is 12.0. The fraction of sp³-hybridized carbons (Fsp3) is 0.933. The van der Waals surface area contributed by atoms with E-state index in [2.05, 4.69) is 12.2 Å². The van der Waals surface area contributed by atoms with Crippen molar-refractivity contribution in [2.75, 3.05) is 13.7 Å². The van der Waals surface area contributed by atoms with Crippen molar-refractivity contribution < 1.29 is 9.53 Å². The van der Waals surface area contributed by atoms with E-state index >= 15 is 0 Å². The Labute approximate surface area is 112 Å². The van der Waals surface area contributed by atoms with E-state index in [-0.39, 0.29) is 17.9 Å². The molecular formula is C15H29NO2. The third-order valence-electron chi connectivity index (χ3n) is 3.99. The number of carbonyl (C=O) groups is 1. The van der Waals surface area contributed by atoms with Crippen LogP contribution < -0.4 is 5.32 Å². The van der Waals surface area contributed by atoms with E-state index in [0.717, 1.165) is 18.8 Å². The highest BCUT2D eigenvalue weighted by Crippen LogP contribution is 2.31. The first-order valence-electron chi connectivity index (χ1n) is 7.46. The second kappa shape index (κ2) is 8.52. The van der Waals surface area contributed by atoms with Crippen LogP contribution in [0.3, 0.4) is 0 Å². The summed E-state index contributed by atoms with van der Waals surface area (Å²) in [5, 5.41) is 3.04. The topological polar surface area (TPSA) is 38.3 Å². The standard InChI is InChI=1S/C15H29NO2/c1-4-5-6-13-7-9-14(10-8-13)15(17)16-12(2)11-18-3/h12-14H,4-11H2,1-3H3,(H,16,17). The number of nitrogens with one attached hydrogen (secondary N) is 1. The normalized spacial score (nSPS) is 25.7. The van der Waals surface area contributed by atoms with Crippen LogP contribution in [0.15, 0.2) is 0 Å². The minimum Gasteiger partial charge on any atom is -0.383 e. The van der Waals surface area contributed by atoms with Gasteiger partial charge in [-0.3, -0.25) is 4.79 Å². The van der Waals surface area contributed by atoms with Gasteiger partial charge in [0.15, 0.2) is 0 Å². The van der Waals surface area contributed by atoms with Gasteiger partial charge < -0.3 is 10.1 Å². The minimum atomic E-state index is 0.125. The van der Waals surface area contributed by atoms with Crippen LogP contribution in [0.4, 0.5) is 0 Å². The van der Waals surface area contributed by atoms with Crippen LogP contribution in [-0.4, -0.2) is 25.7 Å². The maximum Gasteiger partial charge on any atom is 0.223 e. The number of hydrogen-bond acceptors (Lipinski definition) is 2. The van der Waals surface area contributed by atoms with E-state index in [9.17, 15) is 4.79 Å². The highest BCUT2D eigenvalue weighted by molar-refractivity contribution is 5.78. The lowest BCUT2D eigenvalue weighted by Crippen LogP contribution is -2.40. The summed E-state index contributed by atoms with van der Waals surface area (Å²) in [7, 11) is 1.67. The number of hydrogen-bond donors (Lipinski definition) is 1. The first kappa shape index (κ1) is 15.5. The molecule has 1 amide bonds. The molecule has 0 spiro atoms. The zero-order valence-electron chi connectivity index (χ0n) is 12.2. The Balaban J connectivity index is 2.23. The third-order valence-corrected chi connectivity index (χ3v) is 3.99. The van der Waals surface area contributed by atoms with Crippen LogP contribution >= 0.6 is 0 Å². The Hall–Kier alpha value is -0.570. The van der Waals surface area contributed by atoms with Crippen molar-refractivity contribution in [3.05, 3.63) is 0 Å². The molecule has 1 fully saturated rings. The zero-order valence-corrected chi connectivity index (χ0v) is 12.2. The van der Waals surface area contributed by atoms with Crippen LogP contribution in [0.5, 0.6) is 0 Å². The van der Waals surface area contributed by atoms with E-state index < -0.39 is 0 Å². The smallest absolute Gasteiger partial charge is 0.223 e.